The Morgan fingerprint density at radius 2 is 1.42 bits per heavy atom. The van der Waals surface area contributed by atoms with Crippen molar-refractivity contribution in [3.8, 4) is 0 Å². The van der Waals surface area contributed by atoms with Crippen LogP contribution in [0, 0.1) is 20.2 Å². The van der Waals surface area contributed by atoms with Crippen molar-refractivity contribution in [1.82, 2.24) is 0 Å². The van der Waals surface area contributed by atoms with Crippen molar-refractivity contribution in [3.63, 3.8) is 0 Å². The van der Waals surface area contributed by atoms with E-state index in [4.69, 9.17) is 0 Å². The van der Waals surface area contributed by atoms with Crippen molar-refractivity contribution in [3.05, 3.63) is 62.7 Å². The van der Waals surface area contributed by atoms with Crippen molar-refractivity contribution in [1.29, 1.82) is 0 Å². The molecule has 0 atom stereocenters. The number of nitrogens with zero attached hydrogens (tertiary/aromatic N) is 2. The highest BCUT2D eigenvalue weighted by atomic mass is 32.2. The highest BCUT2D eigenvalue weighted by molar-refractivity contribution is 7.92. The van der Waals surface area contributed by atoms with E-state index in [2.05, 4.69) is 10.0 Å². The molecule has 0 spiro atoms. The van der Waals surface area contributed by atoms with Gasteiger partial charge in [0.25, 0.3) is 10.0 Å². The monoisotopic (exact) mass is 352 g/mol. The summed E-state index contributed by atoms with van der Waals surface area (Å²) < 4.78 is 26.7. The van der Waals surface area contributed by atoms with Crippen LogP contribution in [0.3, 0.4) is 0 Å². The number of nitro benzene ring substituents is 2. The molecule has 126 valence electrons. The van der Waals surface area contributed by atoms with Gasteiger partial charge in [-0.3, -0.25) is 25.0 Å². The number of rotatable bonds is 6. The molecule has 0 aromatic heterocycles. The fourth-order valence-electron chi connectivity index (χ4n) is 1.90. The van der Waals surface area contributed by atoms with E-state index in [1.165, 1.54) is 12.1 Å². The lowest BCUT2D eigenvalue weighted by Crippen LogP contribution is -2.13. The van der Waals surface area contributed by atoms with Gasteiger partial charge in [-0.25, -0.2) is 8.42 Å². The molecule has 0 saturated carbocycles. The summed E-state index contributed by atoms with van der Waals surface area (Å²) in [5, 5.41) is 24.5. The summed E-state index contributed by atoms with van der Waals surface area (Å²) in [5.41, 5.74) is -0.961. The normalized spacial score (nSPS) is 10.9. The van der Waals surface area contributed by atoms with Gasteiger partial charge in [-0.2, -0.15) is 0 Å². The number of anilines is 2. The quantitative estimate of drug-likeness (QED) is 0.599. The number of benzene rings is 2. The zero-order chi connectivity index (χ0) is 17.9. The molecule has 0 heterocycles. The van der Waals surface area contributed by atoms with Crippen molar-refractivity contribution in [2.45, 2.75) is 4.90 Å². The second kappa shape index (κ2) is 6.50. The van der Waals surface area contributed by atoms with Crippen LogP contribution < -0.4 is 10.0 Å². The summed E-state index contributed by atoms with van der Waals surface area (Å²) in [5.74, 6) is 0. The number of nitro groups is 2. The molecule has 0 bridgehead atoms. The predicted octanol–water partition coefficient (Wildman–Crippen LogP) is 2.35. The molecule has 2 aromatic carbocycles. The zero-order valence-corrected chi connectivity index (χ0v) is 13.1. The first-order valence-corrected chi connectivity index (χ1v) is 7.96. The molecule has 0 unspecified atom stereocenters. The minimum absolute atomic E-state index is 0.0532. The van der Waals surface area contributed by atoms with Crippen LogP contribution in [0.2, 0.25) is 0 Å². The van der Waals surface area contributed by atoms with Gasteiger partial charge >= 0.3 is 11.4 Å². The maximum atomic E-state index is 12.3. The Bertz CT molecular complexity index is 895. The van der Waals surface area contributed by atoms with Crippen LogP contribution in [0.15, 0.2) is 47.4 Å². The summed E-state index contributed by atoms with van der Waals surface area (Å²) in [6, 6.07) is 8.57. The highest BCUT2D eigenvalue weighted by Crippen LogP contribution is 2.30. The van der Waals surface area contributed by atoms with Gasteiger partial charge in [0, 0.05) is 24.9 Å². The molecule has 2 N–H and O–H groups in total. The highest BCUT2D eigenvalue weighted by Gasteiger charge is 2.25. The summed E-state index contributed by atoms with van der Waals surface area (Å²) in [6.45, 7) is 0. The van der Waals surface area contributed by atoms with Gasteiger partial charge in [0.1, 0.15) is 0 Å². The summed E-state index contributed by atoms with van der Waals surface area (Å²) in [7, 11) is -2.31. The Morgan fingerprint density at radius 3 is 1.92 bits per heavy atom. The molecule has 2 rings (SSSR count). The van der Waals surface area contributed by atoms with E-state index in [0.29, 0.717) is 5.69 Å². The zero-order valence-electron chi connectivity index (χ0n) is 12.3. The number of hydrogen-bond donors (Lipinski definition) is 2. The van der Waals surface area contributed by atoms with Gasteiger partial charge in [-0.05, 0) is 30.3 Å². The van der Waals surface area contributed by atoms with Crippen LogP contribution in [0.4, 0.5) is 22.7 Å². The largest absolute Gasteiger partial charge is 0.388 e. The van der Waals surface area contributed by atoms with Gasteiger partial charge in [0.15, 0.2) is 0 Å². The lowest BCUT2D eigenvalue weighted by atomic mass is 10.2. The SMILES string of the molecule is CNc1ccc(S(=O)(=O)Nc2ccc([N+](=O)[O-])c([N+](=O)[O-])c2)cc1. The van der Waals surface area contributed by atoms with E-state index in [9.17, 15) is 28.6 Å². The maximum Gasteiger partial charge on any atom is 0.348 e. The molecule has 0 aliphatic rings. The molecule has 0 fully saturated rings. The third kappa shape index (κ3) is 3.57. The fourth-order valence-corrected chi connectivity index (χ4v) is 2.95. The fraction of sp³-hybridized carbons (Fsp3) is 0.0769. The van der Waals surface area contributed by atoms with Crippen LogP contribution >= 0.6 is 0 Å². The molecule has 0 radical (unpaired) electrons. The van der Waals surface area contributed by atoms with E-state index < -0.39 is 31.2 Å². The molecule has 11 heteroatoms. The third-order valence-electron chi connectivity index (χ3n) is 3.07. The number of nitrogens with one attached hydrogen (secondary N) is 2. The molecule has 0 aliphatic heterocycles. The molecule has 0 aliphatic carbocycles. The van der Waals surface area contributed by atoms with E-state index in [0.717, 1.165) is 18.2 Å². The van der Waals surface area contributed by atoms with Crippen molar-refractivity contribution < 1.29 is 18.3 Å². The second-order valence-corrected chi connectivity index (χ2v) is 6.28. The van der Waals surface area contributed by atoms with Crippen molar-refractivity contribution in [2.24, 2.45) is 0 Å². The molecule has 0 saturated heterocycles. The van der Waals surface area contributed by atoms with E-state index >= 15 is 0 Å². The molecular formula is C13H12N4O6S. The van der Waals surface area contributed by atoms with Gasteiger partial charge in [-0.1, -0.05) is 0 Å². The van der Waals surface area contributed by atoms with Gasteiger partial charge < -0.3 is 5.32 Å². The van der Waals surface area contributed by atoms with Crippen molar-refractivity contribution in [2.75, 3.05) is 17.1 Å². The van der Waals surface area contributed by atoms with Crippen LogP contribution in [-0.2, 0) is 10.0 Å². The average molecular weight is 352 g/mol. The molecular weight excluding hydrogens is 340 g/mol. The van der Waals surface area contributed by atoms with Crippen LogP contribution in [0.5, 0.6) is 0 Å². The Balaban J connectivity index is 2.37. The van der Waals surface area contributed by atoms with Gasteiger partial charge in [0.05, 0.1) is 20.4 Å². The topological polar surface area (TPSA) is 144 Å². The van der Waals surface area contributed by atoms with Crippen LogP contribution in [0.1, 0.15) is 0 Å². The smallest absolute Gasteiger partial charge is 0.348 e. The Hall–Kier alpha value is -3.21. The Kier molecular flexibility index (Phi) is 4.64. The average Bonchev–Trinajstić information content (AvgIpc) is 2.54. The molecule has 10 nitrogen and oxygen atoms in total. The number of sulfonamides is 1. The van der Waals surface area contributed by atoms with E-state index in [-0.39, 0.29) is 10.6 Å². The maximum absolute atomic E-state index is 12.3. The second-order valence-electron chi connectivity index (χ2n) is 4.60. The Morgan fingerprint density at radius 1 is 0.875 bits per heavy atom. The van der Waals surface area contributed by atoms with Crippen molar-refractivity contribution >= 4 is 32.8 Å². The molecule has 0 amide bonds. The first-order chi connectivity index (χ1) is 11.2. The van der Waals surface area contributed by atoms with Crippen LogP contribution in [0.25, 0.3) is 0 Å². The van der Waals surface area contributed by atoms with Gasteiger partial charge in [-0.15, -0.1) is 0 Å². The molecule has 2 aromatic rings. The minimum atomic E-state index is -3.98. The van der Waals surface area contributed by atoms with Crippen LogP contribution in [-0.4, -0.2) is 25.3 Å². The van der Waals surface area contributed by atoms with E-state index in [1.807, 2.05) is 0 Å². The predicted molar refractivity (Wildman–Crippen MR) is 86.5 cm³/mol. The standard InChI is InChI=1S/C13H12N4O6S/c1-14-9-2-5-11(6-3-9)24(22,23)15-10-4-7-12(16(18)19)13(8-10)17(20)21/h2-8,14-15H,1H3. The van der Waals surface area contributed by atoms with Gasteiger partial charge in [0.2, 0.25) is 0 Å². The Labute approximate surface area is 136 Å². The summed E-state index contributed by atoms with van der Waals surface area (Å²) in [6.07, 6.45) is 0. The van der Waals surface area contributed by atoms with E-state index in [1.54, 1.807) is 19.2 Å². The summed E-state index contributed by atoms with van der Waals surface area (Å²) >= 11 is 0. The lowest BCUT2D eigenvalue weighted by molar-refractivity contribution is -0.422. The third-order valence-corrected chi connectivity index (χ3v) is 4.47. The first-order valence-electron chi connectivity index (χ1n) is 6.48. The lowest BCUT2D eigenvalue weighted by Gasteiger charge is -2.09. The minimum Gasteiger partial charge on any atom is -0.388 e. The first kappa shape index (κ1) is 17.1. The molecule has 24 heavy (non-hydrogen) atoms. The number of hydrogen-bond acceptors (Lipinski definition) is 7. The summed E-state index contributed by atoms with van der Waals surface area (Å²) in [4.78, 5) is 19.8.